The molecule has 2 aromatic rings. The van der Waals surface area contributed by atoms with Crippen molar-refractivity contribution in [2.45, 2.75) is 27.2 Å². The van der Waals surface area contributed by atoms with E-state index < -0.39 is 10.0 Å². The summed E-state index contributed by atoms with van der Waals surface area (Å²) in [7, 11) is -3.24. The summed E-state index contributed by atoms with van der Waals surface area (Å²) in [6.07, 6.45) is 0.626. The smallest absolute Gasteiger partial charge is 0.255 e. The molecule has 132 valence electrons. The number of carbonyl (C=O) groups excluding carboxylic acids is 1. The van der Waals surface area contributed by atoms with Crippen LogP contribution in [-0.2, 0) is 10.0 Å². The average molecular weight is 358 g/mol. The third-order valence-electron chi connectivity index (χ3n) is 4.63. The maximum Gasteiger partial charge on any atom is 0.255 e. The van der Waals surface area contributed by atoms with Crippen LogP contribution in [0.4, 0.5) is 11.4 Å². The average Bonchev–Trinajstić information content (AvgIpc) is 2.91. The highest BCUT2D eigenvalue weighted by atomic mass is 32.2. The van der Waals surface area contributed by atoms with Crippen molar-refractivity contribution in [3.05, 3.63) is 58.7 Å². The van der Waals surface area contributed by atoms with Crippen LogP contribution >= 0.6 is 0 Å². The zero-order valence-corrected chi connectivity index (χ0v) is 15.5. The summed E-state index contributed by atoms with van der Waals surface area (Å²) in [6.45, 7) is 6.34. The molecule has 1 fully saturated rings. The Balaban J connectivity index is 1.88. The maximum atomic E-state index is 12.5. The number of hydrogen-bond acceptors (Lipinski definition) is 3. The van der Waals surface area contributed by atoms with Crippen LogP contribution < -0.4 is 9.62 Å². The fraction of sp³-hybridized carbons (Fsp3) is 0.316. The van der Waals surface area contributed by atoms with Gasteiger partial charge in [0, 0.05) is 17.8 Å². The summed E-state index contributed by atoms with van der Waals surface area (Å²) in [6, 6.07) is 10.9. The first kappa shape index (κ1) is 17.5. The van der Waals surface area contributed by atoms with E-state index in [2.05, 4.69) is 5.32 Å². The Morgan fingerprint density at radius 1 is 1.00 bits per heavy atom. The van der Waals surface area contributed by atoms with Gasteiger partial charge in [-0.25, -0.2) is 8.42 Å². The van der Waals surface area contributed by atoms with Gasteiger partial charge < -0.3 is 5.32 Å². The van der Waals surface area contributed by atoms with Gasteiger partial charge in [0.15, 0.2) is 0 Å². The molecular weight excluding hydrogens is 336 g/mol. The van der Waals surface area contributed by atoms with Gasteiger partial charge in [0.1, 0.15) is 0 Å². The molecule has 0 aromatic heterocycles. The second-order valence-electron chi connectivity index (χ2n) is 6.49. The number of nitrogens with zero attached hydrogens (tertiary/aromatic N) is 1. The molecular formula is C19H22N2O3S. The molecule has 25 heavy (non-hydrogen) atoms. The van der Waals surface area contributed by atoms with Crippen LogP contribution in [0.3, 0.4) is 0 Å². The van der Waals surface area contributed by atoms with Crippen LogP contribution in [0.1, 0.15) is 33.5 Å². The lowest BCUT2D eigenvalue weighted by Crippen LogP contribution is -2.25. The van der Waals surface area contributed by atoms with Crippen molar-refractivity contribution < 1.29 is 13.2 Å². The number of sulfonamides is 1. The SMILES string of the molecule is Cc1ccc(C(=O)Nc2cc(N3CCCS3(=O)=O)ccc2C)cc1C. The molecule has 1 aliphatic rings. The predicted octanol–water partition coefficient (Wildman–Crippen LogP) is 3.40. The van der Waals surface area contributed by atoms with Gasteiger partial charge in [-0.05, 0) is 68.1 Å². The van der Waals surface area contributed by atoms with Crippen molar-refractivity contribution in [2.75, 3.05) is 21.9 Å². The number of hydrogen-bond donors (Lipinski definition) is 1. The first-order valence-corrected chi connectivity index (χ1v) is 9.88. The maximum absolute atomic E-state index is 12.5. The molecule has 2 aromatic carbocycles. The fourth-order valence-electron chi connectivity index (χ4n) is 2.91. The minimum Gasteiger partial charge on any atom is -0.322 e. The number of anilines is 2. The number of rotatable bonds is 3. The standard InChI is InChI=1S/C19H22N2O3S/c1-13-5-7-16(11-15(13)3)19(22)20-18-12-17(8-6-14(18)2)21-9-4-10-25(21,23)24/h5-8,11-12H,4,9-10H2,1-3H3,(H,20,22). The molecule has 0 atom stereocenters. The van der Waals surface area contributed by atoms with Crippen molar-refractivity contribution in [1.82, 2.24) is 0 Å². The molecule has 0 spiro atoms. The second-order valence-corrected chi connectivity index (χ2v) is 8.51. The summed E-state index contributed by atoms with van der Waals surface area (Å²) in [5, 5.41) is 2.90. The Morgan fingerprint density at radius 3 is 2.36 bits per heavy atom. The largest absolute Gasteiger partial charge is 0.322 e. The molecule has 5 nitrogen and oxygen atoms in total. The third kappa shape index (κ3) is 3.54. The first-order chi connectivity index (χ1) is 11.8. The number of nitrogens with one attached hydrogen (secondary N) is 1. The molecule has 6 heteroatoms. The van der Waals surface area contributed by atoms with Crippen LogP contribution in [0.5, 0.6) is 0 Å². The molecule has 1 amide bonds. The summed E-state index contributed by atoms with van der Waals surface area (Å²) >= 11 is 0. The summed E-state index contributed by atoms with van der Waals surface area (Å²) in [5.74, 6) is -0.0294. The molecule has 1 aliphatic heterocycles. The first-order valence-electron chi connectivity index (χ1n) is 8.27. The zero-order chi connectivity index (χ0) is 18.2. The van der Waals surface area contributed by atoms with E-state index in [1.54, 1.807) is 18.2 Å². The van der Waals surface area contributed by atoms with Crippen molar-refractivity contribution in [3.63, 3.8) is 0 Å². The van der Waals surface area contributed by atoms with Crippen molar-refractivity contribution >= 4 is 27.3 Å². The highest BCUT2D eigenvalue weighted by Crippen LogP contribution is 2.28. The lowest BCUT2D eigenvalue weighted by Gasteiger charge is -2.19. The fourth-order valence-corrected chi connectivity index (χ4v) is 4.46. The number of aryl methyl sites for hydroxylation is 3. The van der Waals surface area contributed by atoms with E-state index >= 15 is 0 Å². The van der Waals surface area contributed by atoms with E-state index in [9.17, 15) is 13.2 Å². The van der Waals surface area contributed by atoms with Crippen LogP contribution in [0.15, 0.2) is 36.4 Å². The van der Waals surface area contributed by atoms with Crippen LogP contribution in [-0.4, -0.2) is 26.6 Å². The van der Waals surface area contributed by atoms with Gasteiger partial charge in [-0.1, -0.05) is 12.1 Å². The van der Waals surface area contributed by atoms with Gasteiger partial charge in [0.2, 0.25) is 10.0 Å². The molecule has 0 radical (unpaired) electrons. The zero-order valence-electron chi connectivity index (χ0n) is 14.7. The van der Waals surface area contributed by atoms with Crippen LogP contribution in [0, 0.1) is 20.8 Å². The molecule has 0 saturated carbocycles. The molecule has 1 saturated heterocycles. The topological polar surface area (TPSA) is 66.5 Å². The van der Waals surface area contributed by atoms with Crippen molar-refractivity contribution in [3.8, 4) is 0 Å². The van der Waals surface area contributed by atoms with Gasteiger partial charge in [0.05, 0.1) is 11.4 Å². The summed E-state index contributed by atoms with van der Waals surface area (Å²) in [5.41, 5.74) is 4.88. The van der Waals surface area contributed by atoms with Gasteiger partial charge in [-0.15, -0.1) is 0 Å². The quantitative estimate of drug-likeness (QED) is 0.914. The van der Waals surface area contributed by atoms with Gasteiger partial charge in [0.25, 0.3) is 5.91 Å². The van der Waals surface area contributed by atoms with E-state index in [4.69, 9.17) is 0 Å². The minimum atomic E-state index is -3.24. The van der Waals surface area contributed by atoms with Crippen LogP contribution in [0.25, 0.3) is 0 Å². The minimum absolute atomic E-state index is 0.172. The highest BCUT2D eigenvalue weighted by molar-refractivity contribution is 7.93. The van der Waals surface area contributed by atoms with E-state index in [0.717, 1.165) is 16.7 Å². The third-order valence-corrected chi connectivity index (χ3v) is 6.50. The summed E-state index contributed by atoms with van der Waals surface area (Å²) < 4.78 is 25.6. The Hall–Kier alpha value is -2.34. The lowest BCUT2D eigenvalue weighted by molar-refractivity contribution is 0.102. The molecule has 1 N–H and O–H groups in total. The normalized spacial score (nSPS) is 16.0. The van der Waals surface area contributed by atoms with E-state index in [-0.39, 0.29) is 11.7 Å². The van der Waals surface area contributed by atoms with Crippen LogP contribution in [0.2, 0.25) is 0 Å². The number of carbonyl (C=O) groups is 1. The predicted molar refractivity (Wildman–Crippen MR) is 101 cm³/mol. The molecule has 0 unspecified atom stereocenters. The highest BCUT2D eigenvalue weighted by Gasteiger charge is 2.28. The second kappa shape index (κ2) is 6.52. The monoisotopic (exact) mass is 358 g/mol. The molecule has 1 heterocycles. The Morgan fingerprint density at radius 2 is 1.72 bits per heavy atom. The molecule has 3 rings (SSSR count). The molecule has 0 bridgehead atoms. The van der Waals surface area contributed by atoms with E-state index in [1.807, 2.05) is 39.0 Å². The van der Waals surface area contributed by atoms with Gasteiger partial charge in [-0.3, -0.25) is 9.10 Å². The number of amides is 1. The molecule has 0 aliphatic carbocycles. The van der Waals surface area contributed by atoms with Crippen molar-refractivity contribution in [2.24, 2.45) is 0 Å². The Bertz CT molecular complexity index is 936. The number of benzene rings is 2. The van der Waals surface area contributed by atoms with E-state index in [0.29, 0.717) is 29.9 Å². The van der Waals surface area contributed by atoms with Gasteiger partial charge in [-0.2, -0.15) is 0 Å². The van der Waals surface area contributed by atoms with Gasteiger partial charge >= 0.3 is 0 Å². The Labute approximate surface area is 148 Å². The van der Waals surface area contributed by atoms with E-state index in [1.165, 1.54) is 4.31 Å². The Kier molecular flexibility index (Phi) is 4.56. The van der Waals surface area contributed by atoms with Crippen molar-refractivity contribution in [1.29, 1.82) is 0 Å². The lowest BCUT2D eigenvalue weighted by atomic mass is 10.1. The summed E-state index contributed by atoms with van der Waals surface area (Å²) in [4.78, 5) is 12.5.